The number of allylic oxidation sites excluding steroid dienone is 2. The molecule has 0 spiro atoms. The second-order valence-electron chi connectivity index (χ2n) is 5.27. The van der Waals surface area contributed by atoms with Crippen LogP contribution in [0.15, 0.2) is 17.5 Å². The van der Waals surface area contributed by atoms with Crippen LogP contribution in [0.2, 0.25) is 0 Å². The van der Waals surface area contributed by atoms with Crippen LogP contribution in [-0.2, 0) is 9.59 Å². The van der Waals surface area contributed by atoms with Gasteiger partial charge in [0, 0.05) is 10.3 Å². The summed E-state index contributed by atoms with van der Waals surface area (Å²) in [6.45, 7) is 3.76. The van der Waals surface area contributed by atoms with Crippen molar-refractivity contribution in [1.29, 1.82) is 0 Å². The summed E-state index contributed by atoms with van der Waals surface area (Å²) in [4.78, 5) is 36.4. The van der Waals surface area contributed by atoms with Gasteiger partial charge in [-0.3, -0.25) is 25.2 Å². The molecule has 2 rings (SSSR count). The van der Waals surface area contributed by atoms with Crippen LogP contribution in [0.3, 0.4) is 0 Å². The Morgan fingerprint density at radius 2 is 1.77 bits per heavy atom. The minimum atomic E-state index is -1.000. The fourth-order valence-electron chi connectivity index (χ4n) is 2.39. The monoisotopic (exact) mass is 322 g/mol. The largest absolute Gasteiger partial charge is 0.481 e. The maximum Gasteiger partial charge on any atom is 0.307 e. The first-order valence-corrected chi connectivity index (χ1v) is 7.82. The Bertz CT molecular complexity index is 635. The molecule has 1 aromatic rings. The molecule has 0 saturated carbocycles. The van der Waals surface area contributed by atoms with Gasteiger partial charge in [-0.15, -0.1) is 11.3 Å². The SMILES string of the molecule is Cc1scc(C(=O)NNC(=O)[C@H]2CC=CC[C@@H]2C(=O)O)c1C. The van der Waals surface area contributed by atoms with Gasteiger partial charge in [-0.2, -0.15) is 0 Å². The number of aliphatic carboxylic acids is 1. The molecule has 0 saturated heterocycles. The topological polar surface area (TPSA) is 95.5 Å². The van der Waals surface area contributed by atoms with Crippen LogP contribution >= 0.6 is 11.3 Å². The highest BCUT2D eigenvalue weighted by atomic mass is 32.1. The van der Waals surface area contributed by atoms with E-state index in [1.807, 2.05) is 13.8 Å². The standard InChI is InChI=1S/C15H18N2O4S/c1-8-9(2)22-7-12(8)14(19)17-16-13(18)10-5-3-4-6-11(10)15(20)21/h3-4,7,10-11H,5-6H2,1-2H3,(H,16,18)(H,17,19)(H,20,21)/t10-,11-/m0/s1. The normalized spacial score (nSPS) is 20.5. The second kappa shape index (κ2) is 6.74. The molecule has 22 heavy (non-hydrogen) atoms. The van der Waals surface area contributed by atoms with Crippen LogP contribution in [0, 0.1) is 25.7 Å². The number of carbonyl (C=O) groups excluding carboxylic acids is 2. The number of hydrazine groups is 1. The zero-order chi connectivity index (χ0) is 16.3. The molecule has 6 nitrogen and oxygen atoms in total. The van der Waals surface area contributed by atoms with Crippen molar-refractivity contribution in [3.8, 4) is 0 Å². The summed E-state index contributed by atoms with van der Waals surface area (Å²) in [6, 6.07) is 0. The van der Waals surface area contributed by atoms with Gasteiger partial charge in [0.2, 0.25) is 5.91 Å². The molecule has 1 heterocycles. The van der Waals surface area contributed by atoms with Crippen molar-refractivity contribution < 1.29 is 19.5 Å². The van der Waals surface area contributed by atoms with E-state index in [0.717, 1.165) is 10.4 Å². The van der Waals surface area contributed by atoms with Crippen LogP contribution in [0.5, 0.6) is 0 Å². The van der Waals surface area contributed by atoms with Crippen LogP contribution in [0.25, 0.3) is 0 Å². The number of thiophene rings is 1. The van der Waals surface area contributed by atoms with Gasteiger partial charge in [0.1, 0.15) is 0 Å². The number of rotatable bonds is 3. The van der Waals surface area contributed by atoms with Crippen LogP contribution in [0.4, 0.5) is 0 Å². The first-order chi connectivity index (χ1) is 10.4. The highest BCUT2D eigenvalue weighted by Crippen LogP contribution is 2.26. The number of hydrogen-bond donors (Lipinski definition) is 3. The van der Waals surface area contributed by atoms with Crippen molar-refractivity contribution in [2.75, 3.05) is 0 Å². The van der Waals surface area contributed by atoms with Gasteiger partial charge in [0.05, 0.1) is 17.4 Å². The summed E-state index contributed by atoms with van der Waals surface area (Å²) in [6.07, 6.45) is 4.23. The summed E-state index contributed by atoms with van der Waals surface area (Å²) >= 11 is 1.47. The Labute approximate surface area is 132 Å². The van der Waals surface area contributed by atoms with E-state index in [0.29, 0.717) is 18.4 Å². The molecule has 0 aromatic carbocycles. The van der Waals surface area contributed by atoms with Gasteiger partial charge in [-0.25, -0.2) is 0 Å². The van der Waals surface area contributed by atoms with Crippen LogP contribution in [0.1, 0.15) is 33.6 Å². The molecule has 0 aliphatic heterocycles. The minimum absolute atomic E-state index is 0.324. The molecule has 3 N–H and O–H groups in total. The minimum Gasteiger partial charge on any atom is -0.481 e. The van der Waals surface area contributed by atoms with Crippen molar-refractivity contribution in [1.82, 2.24) is 10.9 Å². The highest BCUT2D eigenvalue weighted by Gasteiger charge is 2.34. The summed E-state index contributed by atoms with van der Waals surface area (Å²) in [7, 11) is 0. The highest BCUT2D eigenvalue weighted by molar-refractivity contribution is 7.10. The molecule has 1 aliphatic rings. The lowest BCUT2D eigenvalue weighted by molar-refractivity contribution is -0.147. The predicted molar refractivity (Wildman–Crippen MR) is 82.4 cm³/mol. The summed E-state index contributed by atoms with van der Waals surface area (Å²) in [5.74, 6) is -3.30. The Hall–Kier alpha value is -2.15. The maximum absolute atomic E-state index is 12.1. The molecular weight excluding hydrogens is 304 g/mol. The van der Waals surface area contributed by atoms with Crippen molar-refractivity contribution >= 4 is 29.1 Å². The van der Waals surface area contributed by atoms with E-state index in [1.165, 1.54) is 11.3 Å². The Balaban J connectivity index is 1.97. The molecule has 118 valence electrons. The third-order valence-corrected chi connectivity index (χ3v) is 4.93. The van der Waals surface area contributed by atoms with E-state index in [9.17, 15) is 14.4 Å². The number of hydrogen-bond acceptors (Lipinski definition) is 4. The van der Waals surface area contributed by atoms with Crippen molar-refractivity contribution in [2.45, 2.75) is 26.7 Å². The van der Waals surface area contributed by atoms with Gasteiger partial charge in [-0.05, 0) is 32.3 Å². The van der Waals surface area contributed by atoms with Gasteiger partial charge >= 0.3 is 5.97 Å². The Morgan fingerprint density at radius 1 is 1.14 bits per heavy atom. The Kier molecular flexibility index (Phi) is 4.97. The lowest BCUT2D eigenvalue weighted by Crippen LogP contribution is -2.47. The van der Waals surface area contributed by atoms with E-state index in [-0.39, 0.29) is 0 Å². The zero-order valence-electron chi connectivity index (χ0n) is 12.4. The Morgan fingerprint density at radius 3 is 2.32 bits per heavy atom. The smallest absolute Gasteiger partial charge is 0.307 e. The summed E-state index contributed by atoms with van der Waals surface area (Å²) in [5, 5.41) is 10.9. The number of nitrogens with one attached hydrogen (secondary N) is 2. The number of amides is 2. The third-order valence-electron chi connectivity index (χ3n) is 3.92. The molecule has 1 aliphatic carbocycles. The molecule has 2 amide bonds. The molecule has 0 fully saturated rings. The molecule has 2 atom stereocenters. The quantitative estimate of drug-likeness (QED) is 0.584. The first kappa shape index (κ1) is 16.2. The second-order valence-corrected chi connectivity index (χ2v) is 6.35. The summed E-state index contributed by atoms with van der Waals surface area (Å²) in [5.41, 5.74) is 6.09. The number of aryl methyl sites for hydroxylation is 1. The van der Waals surface area contributed by atoms with Crippen LogP contribution in [-0.4, -0.2) is 22.9 Å². The van der Waals surface area contributed by atoms with Crippen molar-refractivity contribution in [2.24, 2.45) is 11.8 Å². The van der Waals surface area contributed by atoms with Gasteiger partial charge in [0.25, 0.3) is 5.91 Å². The lowest BCUT2D eigenvalue weighted by atomic mass is 9.82. The number of carboxylic acids is 1. The fourth-order valence-corrected chi connectivity index (χ4v) is 3.26. The lowest BCUT2D eigenvalue weighted by Gasteiger charge is -2.24. The summed E-state index contributed by atoms with van der Waals surface area (Å²) < 4.78 is 0. The number of carboxylic acid groups (broad SMARTS) is 1. The third kappa shape index (κ3) is 3.36. The van der Waals surface area contributed by atoms with Crippen molar-refractivity contribution in [3.05, 3.63) is 33.5 Å². The van der Waals surface area contributed by atoms with E-state index in [4.69, 9.17) is 5.11 Å². The van der Waals surface area contributed by atoms with E-state index >= 15 is 0 Å². The van der Waals surface area contributed by atoms with E-state index in [1.54, 1.807) is 17.5 Å². The molecule has 7 heteroatoms. The average Bonchev–Trinajstić information content (AvgIpc) is 2.84. The van der Waals surface area contributed by atoms with Gasteiger partial charge in [-0.1, -0.05) is 12.2 Å². The maximum atomic E-state index is 12.1. The van der Waals surface area contributed by atoms with Crippen LogP contribution < -0.4 is 10.9 Å². The van der Waals surface area contributed by atoms with Crippen molar-refractivity contribution in [3.63, 3.8) is 0 Å². The average molecular weight is 322 g/mol. The van der Waals surface area contributed by atoms with E-state index in [2.05, 4.69) is 10.9 Å². The first-order valence-electron chi connectivity index (χ1n) is 6.94. The van der Waals surface area contributed by atoms with E-state index < -0.39 is 29.6 Å². The predicted octanol–water partition coefficient (Wildman–Crippen LogP) is 1.79. The van der Waals surface area contributed by atoms with Gasteiger partial charge < -0.3 is 5.11 Å². The molecular formula is C15H18N2O4S. The van der Waals surface area contributed by atoms with Gasteiger partial charge in [0.15, 0.2) is 0 Å². The molecule has 0 radical (unpaired) electrons. The zero-order valence-corrected chi connectivity index (χ0v) is 13.2. The number of carbonyl (C=O) groups is 3. The molecule has 0 bridgehead atoms. The molecule has 0 unspecified atom stereocenters. The fraction of sp³-hybridized carbons (Fsp3) is 0.400. The molecule has 1 aromatic heterocycles.